The smallest absolute Gasteiger partial charge is 0.274 e. The number of phenolic OH excluding ortho intramolecular Hbond substituents is 1. The highest BCUT2D eigenvalue weighted by Gasteiger charge is 2.09. The Hall–Kier alpha value is -3.21. The second kappa shape index (κ2) is 6.27. The number of amides is 1. The quantitative estimate of drug-likeness (QED) is 0.575. The molecule has 3 rings (SSSR count). The molecule has 5 heteroatoms. The molecule has 0 radical (unpaired) electrons. The molecular formula is C18H13FN2O2. The summed E-state index contributed by atoms with van der Waals surface area (Å²) in [6, 6.07) is 16.5. The van der Waals surface area contributed by atoms with E-state index in [1.165, 1.54) is 24.4 Å². The zero-order valence-electron chi connectivity index (χ0n) is 12.0. The van der Waals surface area contributed by atoms with Crippen LogP contribution in [0.25, 0.3) is 10.8 Å². The predicted molar refractivity (Wildman–Crippen MR) is 87.1 cm³/mol. The maximum atomic E-state index is 13.5. The van der Waals surface area contributed by atoms with E-state index >= 15 is 0 Å². The van der Waals surface area contributed by atoms with Crippen molar-refractivity contribution >= 4 is 22.9 Å². The third-order valence-corrected chi connectivity index (χ3v) is 3.43. The molecule has 0 aliphatic carbocycles. The van der Waals surface area contributed by atoms with Crippen molar-refractivity contribution in [1.82, 2.24) is 5.43 Å². The average molecular weight is 308 g/mol. The number of phenols is 1. The molecule has 3 aromatic rings. The van der Waals surface area contributed by atoms with Crippen LogP contribution in [-0.4, -0.2) is 17.2 Å². The Morgan fingerprint density at radius 3 is 2.61 bits per heavy atom. The van der Waals surface area contributed by atoms with Gasteiger partial charge in [-0.2, -0.15) is 5.10 Å². The minimum Gasteiger partial charge on any atom is -0.507 e. The van der Waals surface area contributed by atoms with Gasteiger partial charge in [-0.15, -0.1) is 0 Å². The van der Waals surface area contributed by atoms with Gasteiger partial charge >= 0.3 is 0 Å². The van der Waals surface area contributed by atoms with Crippen molar-refractivity contribution in [2.45, 2.75) is 0 Å². The molecule has 4 nitrogen and oxygen atoms in total. The highest BCUT2D eigenvalue weighted by atomic mass is 19.1. The van der Waals surface area contributed by atoms with Crippen molar-refractivity contribution in [2.75, 3.05) is 0 Å². The van der Waals surface area contributed by atoms with Crippen LogP contribution in [0.2, 0.25) is 0 Å². The number of aromatic hydroxyl groups is 1. The molecule has 0 unspecified atom stereocenters. The minimum atomic E-state index is -0.654. The molecule has 0 saturated carbocycles. The lowest BCUT2D eigenvalue weighted by atomic mass is 10.0. The molecule has 3 aromatic carbocycles. The third-order valence-electron chi connectivity index (χ3n) is 3.43. The van der Waals surface area contributed by atoms with Gasteiger partial charge in [0, 0.05) is 5.56 Å². The molecule has 2 N–H and O–H groups in total. The maximum Gasteiger partial charge on any atom is 0.274 e. The van der Waals surface area contributed by atoms with Crippen LogP contribution in [0.3, 0.4) is 0 Å². The number of benzene rings is 3. The van der Waals surface area contributed by atoms with Gasteiger partial charge in [-0.25, -0.2) is 9.82 Å². The fourth-order valence-electron chi connectivity index (χ4n) is 2.28. The fourth-order valence-corrected chi connectivity index (χ4v) is 2.28. The number of hydrogen-bond donors (Lipinski definition) is 2. The van der Waals surface area contributed by atoms with Crippen LogP contribution in [-0.2, 0) is 0 Å². The van der Waals surface area contributed by atoms with Gasteiger partial charge in [-0.1, -0.05) is 42.5 Å². The lowest BCUT2D eigenvalue weighted by Crippen LogP contribution is -2.18. The zero-order chi connectivity index (χ0) is 16.2. The van der Waals surface area contributed by atoms with E-state index < -0.39 is 11.7 Å². The standard InChI is InChI=1S/C18H13FN2O2/c19-16-8-4-3-7-14(16)18(23)21-20-11-15-13-6-2-1-5-12(13)9-10-17(15)22/h1-11,22H,(H,21,23)/b20-11+. The van der Waals surface area contributed by atoms with E-state index in [1.807, 2.05) is 24.3 Å². The van der Waals surface area contributed by atoms with Crippen molar-refractivity contribution < 1.29 is 14.3 Å². The Balaban J connectivity index is 1.85. The Morgan fingerprint density at radius 2 is 1.78 bits per heavy atom. The Bertz CT molecular complexity index is 906. The van der Waals surface area contributed by atoms with E-state index in [0.717, 1.165) is 10.8 Å². The summed E-state index contributed by atoms with van der Waals surface area (Å²) in [6.45, 7) is 0. The molecule has 0 bridgehead atoms. The highest BCUT2D eigenvalue weighted by Crippen LogP contribution is 2.25. The van der Waals surface area contributed by atoms with Gasteiger partial charge in [0.25, 0.3) is 5.91 Å². The van der Waals surface area contributed by atoms with Crippen LogP contribution in [0.15, 0.2) is 65.8 Å². The van der Waals surface area contributed by atoms with Crippen LogP contribution in [0, 0.1) is 5.82 Å². The second-order valence-electron chi connectivity index (χ2n) is 4.90. The Labute approximate surface area is 131 Å². The highest BCUT2D eigenvalue weighted by molar-refractivity contribution is 6.03. The molecular weight excluding hydrogens is 295 g/mol. The maximum absolute atomic E-state index is 13.5. The van der Waals surface area contributed by atoms with E-state index in [-0.39, 0.29) is 11.3 Å². The van der Waals surface area contributed by atoms with Gasteiger partial charge in [0.1, 0.15) is 11.6 Å². The number of nitrogens with one attached hydrogen (secondary N) is 1. The molecule has 0 saturated heterocycles. The minimum absolute atomic E-state index is 0.0487. The number of nitrogens with zero attached hydrogens (tertiary/aromatic N) is 1. The first kappa shape index (κ1) is 14.7. The number of carbonyl (C=O) groups excluding carboxylic acids is 1. The van der Waals surface area contributed by atoms with Crippen LogP contribution < -0.4 is 5.43 Å². The van der Waals surface area contributed by atoms with Gasteiger partial charge in [0.05, 0.1) is 11.8 Å². The summed E-state index contributed by atoms with van der Waals surface area (Å²) >= 11 is 0. The monoisotopic (exact) mass is 308 g/mol. The largest absolute Gasteiger partial charge is 0.507 e. The van der Waals surface area contributed by atoms with E-state index in [1.54, 1.807) is 18.2 Å². The summed E-state index contributed by atoms with van der Waals surface area (Å²) in [4.78, 5) is 11.9. The molecule has 0 spiro atoms. The summed E-state index contributed by atoms with van der Waals surface area (Å²) < 4.78 is 13.5. The van der Waals surface area contributed by atoms with Gasteiger partial charge in [-0.05, 0) is 29.0 Å². The van der Waals surface area contributed by atoms with E-state index in [0.29, 0.717) is 5.56 Å². The van der Waals surface area contributed by atoms with Crippen LogP contribution in [0.4, 0.5) is 4.39 Å². The molecule has 0 atom stereocenters. The van der Waals surface area contributed by atoms with Gasteiger partial charge in [0.2, 0.25) is 0 Å². The Morgan fingerprint density at radius 1 is 1.04 bits per heavy atom. The number of rotatable bonds is 3. The number of hydrogen-bond acceptors (Lipinski definition) is 3. The number of carbonyl (C=O) groups is 1. The first-order chi connectivity index (χ1) is 11.2. The lowest BCUT2D eigenvalue weighted by Gasteiger charge is -2.05. The fraction of sp³-hybridized carbons (Fsp3) is 0. The SMILES string of the molecule is O=C(N/N=C/c1c(O)ccc2ccccc12)c1ccccc1F. The third kappa shape index (κ3) is 3.03. The topological polar surface area (TPSA) is 61.7 Å². The molecule has 0 aliphatic heterocycles. The van der Waals surface area contributed by atoms with Gasteiger partial charge < -0.3 is 5.11 Å². The van der Waals surface area contributed by atoms with Crippen LogP contribution >= 0.6 is 0 Å². The predicted octanol–water partition coefficient (Wildman–Crippen LogP) is 3.45. The first-order valence-electron chi connectivity index (χ1n) is 6.95. The van der Waals surface area contributed by atoms with Crippen molar-refractivity contribution in [3.8, 4) is 5.75 Å². The normalized spacial score (nSPS) is 11.0. The molecule has 0 aliphatic rings. The first-order valence-corrected chi connectivity index (χ1v) is 6.95. The van der Waals surface area contributed by atoms with Gasteiger partial charge in [0.15, 0.2) is 0 Å². The lowest BCUT2D eigenvalue weighted by molar-refractivity contribution is 0.0951. The molecule has 0 aromatic heterocycles. The number of hydrazone groups is 1. The number of halogens is 1. The molecule has 1 amide bonds. The second-order valence-corrected chi connectivity index (χ2v) is 4.90. The van der Waals surface area contributed by atoms with Crippen LogP contribution in [0.5, 0.6) is 5.75 Å². The molecule has 114 valence electrons. The van der Waals surface area contributed by atoms with Crippen molar-refractivity contribution in [3.05, 3.63) is 77.6 Å². The van der Waals surface area contributed by atoms with E-state index in [4.69, 9.17) is 0 Å². The molecule has 23 heavy (non-hydrogen) atoms. The Kier molecular flexibility index (Phi) is 4.01. The summed E-state index contributed by atoms with van der Waals surface area (Å²) in [5.74, 6) is -1.22. The number of fused-ring (bicyclic) bond motifs is 1. The zero-order valence-corrected chi connectivity index (χ0v) is 12.0. The summed E-state index contributed by atoms with van der Waals surface area (Å²) in [6.07, 6.45) is 1.34. The summed E-state index contributed by atoms with van der Waals surface area (Å²) in [5.41, 5.74) is 2.65. The van der Waals surface area contributed by atoms with Crippen molar-refractivity contribution in [3.63, 3.8) is 0 Å². The summed E-state index contributed by atoms with van der Waals surface area (Å²) in [5, 5.41) is 15.5. The van der Waals surface area contributed by atoms with E-state index in [2.05, 4.69) is 10.5 Å². The summed E-state index contributed by atoms with van der Waals surface area (Å²) in [7, 11) is 0. The van der Waals surface area contributed by atoms with E-state index in [9.17, 15) is 14.3 Å². The van der Waals surface area contributed by atoms with Gasteiger partial charge in [-0.3, -0.25) is 4.79 Å². The van der Waals surface area contributed by atoms with Crippen LogP contribution in [0.1, 0.15) is 15.9 Å². The molecule has 0 heterocycles. The van der Waals surface area contributed by atoms with Crippen molar-refractivity contribution in [1.29, 1.82) is 0 Å². The molecule has 0 fully saturated rings. The average Bonchev–Trinajstić information content (AvgIpc) is 2.57. The van der Waals surface area contributed by atoms with Crippen molar-refractivity contribution in [2.24, 2.45) is 5.10 Å².